The molecule has 3 aliphatic rings. The van der Waals surface area contributed by atoms with Gasteiger partial charge in [0.25, 0.3) is 0 Å². The molecule has 2 unspecified atom stereocenters. The van der Waals surface area contributed by atoms with Gasteiger partial charge in [-0.1, -0.05) is 46.8 Å². The molecule has 3 aliphatic heterocycles. The number of aliphatic hydroxyl groups excluding tert-OH is 1. The molecule has 3 rings (SSSR count). The van der Waals surface area contributed by atoms with Gasteiger partial charge in [-0.3, -0.25) is 14.4 Å². The van der Waals surface area contributed by atoms with Crippen LogP contribution in [0.2, 0.25) is 0 Å². The van der Waals surface area contributed by atoms with Crippen LogP contribution in [0.5, 0.6) is 0 Å². The molecule has 2 bridgehead atoms. The number of aliphatic hydroxyl groups is 1. The molecular formula is C31H51N3O4S. The first-order chi connectivity index (χ1) is 17.9. The van der Waals surface area contributed by atoms with Crippen LogP contribution in [0.4, 0.5) is 0 Å². The van der Waals surface area contributed by atoms with E-state index < -0.39 is 39.0 Å². The van der Waals surface area contributed by atoms with Gasteiger partial charge in [-0.05, 0) is 51.4 Å². The highest BCUT2D eigenvalue weighted by atomic mass is 32.2. The number of thioether (sulfide) groups is 1. The third-order valence-corrected chi connectivity index (χ3v) is 11.1. The first-order valence-electron chi connectivity index (χ1n) is 14.3. The lowest BCUT2D eigenvalue weighted by molar-refractivity contribution is -0.150. The Bertz CT molecular complexity index is 1000. The summed E-state index contributed by atoms with van der Waals surface area (Å²) in [6.07, 6.45) is 5.65. The Morgan fingerprint density at radius 1 is 1.13 bits per heavy atom. The van der Waals surface area contributed by atoms with Crippen molar-refractivity contribution in [3.05, 3.63) is 25.3 Å². The molecule has 0 aromatic carbocycles. The van der Waals surface area contributed by atoms with Crippen molar-refractivity contribution < 1.29 is 19.5 Å². The van der Waals surface area contributed by atoms with Crippen LogP contribution in [0.15, 0.2) is 25.3 Å². The number of nitrogens with zero attached hydrogens (tertiary/aromatic N) is 3. The summed E-state index contributed by atoms with van der Waals surface area (Å²) in [4.78, 5) is 48.5. The zero-order chi connectivity index (χ0) is 29.7. The summed E-state index contributed by atoms with van der Waals surface area (Å²) in [5.41, 5.74) is -0.522. The maximum Gasteiger partial charge on any atom is 0.247 e. The summed E-state index contributed by atoms with van der Waals surface area (Å²) in [5, 5.41) is 10.5. The summed E-state index contributed by atoms with van der Waals surface area (Å²) < 4.78 is -1.16. The Morgan fingerprint density at radius 3 is 2.21 bits per heavy atom. The molecule has 8 heteroatoms. The van der Waals surface area contributed by atoms with E-state index in [1.165, 1.54) is 0 Å². The molecule has 0 aliphatic carbocycles. The van der Waals surface area contributed by atoms with E-state index in [0.717, 1.165) is 12.8 Å². The first-order valence-corrected chi connectivity index (χ1v) is 15.2. The first kappa shape index (κ1) is 31.7. The molecule has 0 radical (unpaired) electrons. The van der Waals surface area contributed by atoms with Gasteiger partial charge >= 0.3 is 0 Å². The van der Waals surface area contributed by atoms with Gasteiger partial charge in [0.05, 0.1) is 29.2 Å². The summed E-state index contributed by atoms with van der Waals surface area (Å²) in [6.45, 7) is 24.9. The van der Waals surface area contributed by atoms with E-state index in [1.54, 1.807) is 40.8 Å². The molecule has 3 fully saturated rings. The standard InChI is InChI=1S/C31H51N3O4S/c1-12-16-32(11)25(36)22-23-26(37)34(21(18-35)20(3)4)24(31(23)15-14-30(22,10)39-31)27(38)33(17-13-2)29(8,9)19-28(5,6)7/h12-13,20-24,35H,1-2,14-19H2,3-11H3/t21-,22-,23-,24?,30+,31?/m0/s1. The molecular weight excluding hydrogens is 510 g/mol. The zero-order valence-corrected chi connectivity index (χ0v) is 26.4. The SMILES string of the molecule is C=CCN(C)C(=O)[C@@H]1[C@H]2C(=O)N([C@@H](CO)C(C)C)C(C(=O)N(CC=C)C(C)(C)CC(C)(C)C)C23CC[C@@]1(C)S3. The second-order valence-electron chi connectivity index (χ2n) is 14.3. The highest BCUT2D eigenvalue weighted by Gasteiger charge is 2.78. The number of likely N-dealkylation sites (tertiary alicyclic amines) is 1. The van der Waals surface area contributed by atoms with E-state index in [4.69, 9.17) is 0 Å². The molecule has 220 valence electrons. The molecule has 1 spiro atoms. The normalized spacial score (nSPS) is 30.9. The van der Waals surface area contributed by atoms with Crippen LogP contribution < -0.4 is 0 Å². The second kappa shape index (κ2) is 10.9. The van der Waals surface area contributed by atoms with Gasteiger partial charge in [0.2, 0.25) is 17.7 Å². The molecule has 0 saturated carbocycles. The minimum Gasteiger partial charge on any atom is -0.394 e. The summed E-state index contributed by atoms with van der Waals surface area (Å²) in [5.74, 6) is -1.55. The number of hydrogen-bond acceptors (Lipinski definition) is 5. The fourth-order valence-electron chi connectivity index (χ4n) is 7.82. The highest BCUT2D eigenvalue weighted by Crippen LogP contribution is 2.72. The van der Waals surface area contributed by atoms with Crippen LogP contribution in [-0.4, -0.2) is 91.4 Å². The summed E-state index contributed by atoms with van der Waals surface area (Å²) >= 11 is 1.68. The largest absolute Gasteiger partial charge is 0.394 e. The van der Waals surface area contributed by atoms with Crippen molar-refractivity contribution in [1.82, 2.24) is 14.7 Å². The fourth-order valence-corrected chi connectivity index (χ4v) is 10.2. The molecule has 3 heterocycles. The van der Waals surface area contributed by atoms with Crippen molar-refractivity contribution in [2.75, 3.05) is 26.7 Å². The Labute approximate surface area is 240 Å². The van der Waals surface area contributed by atoms with Crippen molar-refractivity contribution in [2.45, 2.75) is 102 Å². The lowest BCUT2D eigenvalue weighted by atomic mass is 9.66. The highest BCUT2D eigenvalue weighted by molar-refractivity contribution is 8.02. The van der Waals surface area contributed by atoms with E-state index in [1.807, 2.05) is 18.7 Å². The van der Waals surface area contributed by atoms with Crippen molar-refractivity contribution in [3.63, 3.8) is 0 Å². The van der Waals surface area contributed by atoms with Crippen LogP contribution >= 0.6 is 11.8 Å². The summed E-state index contributed by atoms with van der Waals surface area (Å²) in [6, 6.07) is -1.28. The van der Waals surface area contributed by atoms with E-state index >= 15 is 0 Å². The van der Waals surface area contributed by atoms with Crippen LogP contribution in [0.1, 0.15) is 74.7 Å². The molecule has 39 heavy (non-hydrogen) atoms. The molecule has 0 aromatic heterocycles. The molecule has 7 nitrogen and oxygen atoms in total. The van der Waals surface area contributed by atoms with Crippen molar-refractivity contribution >= 4 is 29.5 Å². The average Bonchev–Trinajstić information content (AvgIpc) is 3.36. The van der Waals surface area contributed by atoms with Crippen molar-refractivity contribution in [2.24, 2.45) is 23.2 Å². The number of likely N-dealkylation sites (N-methyl/N-ethyl adjacent to an activating group) is 1. The number of fused-ring (bicyclic) bond motifs is 1. The smallest absolute Gasteiger partial charge is 0.247 e. The Morgan fingerprint density at radius 2 is 1.72 bits per heavy atom. The summed E-state index contributed by atoms with van der Waals surface area (Å²) in [7, 11) is 1.75. The van der Waals surface area contributed by atoms with E-state index in [0.29, 0.717) is 19.5 Å². The Balaban J connectivity index is 2.20. The minimum absolute atomic E-state index is 0.0257. The average molecular weight is 562 g/mol. The fraction of sp³-hybridized carbons (Fsp3) is 0.774. The molecule has 3 amide bonds. The van der Waals surface area contributed by atoms with Gasteiger partial charge in [0, 0.05) is 30.4 Å². The number of carbonyl (C=O) groups excluding carboxylic acids is 3. The number of hydrogen-bond donors (Lipinski definition) is 1. The monoisotopic (exact) mass is 561 g/mol. The quantitative estimate of drug-likeness (QED) is 0.379. The Hall–Kier alpha value is -1.80. The van der Waals surface area contributed by atoms with E-state index in [9.17, 15) is 19.5 Å². The zero-order valence-electron chi connectivity index (χ0n) is 25.6. The second-order valence-corrected chi connectivity index (χ2v) is 16.2. The van der Waals surface area contributed by atoms with Crippen molar-refractivity contribution in [3.8, 4) is 0 Å². The topological polar surface area (TPSA) is 81.2 Å². The third kappa shape index (κ3) is 5.32. The predicted octanol–water partition coefficient (Wildman–Crippen LogP) is 4.36. The van der Waals surface area contributed by atoms with Gasteiger partial charge < -0.3 is 19.8 Å². The number of amides is 3. The molecule has 0 aromatic rings. The molecule has 1 N–H and O–H groups in total. The minimum atomic E-state index is -0.761. The number of rotatable bonds is 11. The van der Waals surface area contributed by atoms with Crippen LogP contribution in [0.3, 0.4) is 0 Å². The van der Waals surface area contributed by atoms with Crippen LogP contribution in [0.25, 0.3) is 0 Å². The van der Waals surface area contributed by atoms with Gasteiger partial charge in [-0.25, -0.2) is 0 Å². The van der Waals surface area contributed by atoms with E-state index in [-0.39, 0.29) is 35.7 Å². The Kier molecular flexibility index (Phi) is 8.85. The molecule has 3 saturated heterocycles. The predicted molar refractivity (Wildman–Crippen MR) is 159 cm³/mol. The van der Waals surface area contributed by atoms with Gasteiger partial charge in [0.15, 0.2) is 0 Å². The van der Waals surface area contributed by atoms with Crippen LogP contribution in [0, 0.1) is 23.2 Å². The molecule has 6 atom stereocenters. The van der Waals surface area contributed by atoms with Gasteiger partial charge in [0.1, 0.15) is 6.04 Å². The number of carbonyl (C=O) groups is 3. The lowest BCUT2D eigenvalue weighted by Gasteiger charge is -2.47. The maximum absolute atomic E-state index is 14.9. The van der Waals surface area contributed by atoms with Gasteiger partial charge in [-0.15, -0.1) is 24.9 Å². The van der Waals surface area contributed by atoms with E-state index in [2.05, 4.69) is 54.7 Å². The van der Waals surface area contributed by atoms with Crippen molar-refractivity contribution in [1.29, 1.82) is 0 Å². The third-order valence-electron chi connectivity index (χ3n) is 9.08. The van der Waals surface area contributed by atoms with Crippen LogP contribution in [-0.2, 0) is 14.4 Å². The lowest BCUT2D eigenvalue weighted by Crippen LogP contribution is -2.62. The van der Waals surface area contributed by atoms with Gasteiger partial charge in [-0.2, -0.15) is 0 Å². The maximum atomic E-state index is 14.9.